The molecule has 9 aromatic rings. The van der Waals surface area contributed by atoms with Crippen molar-refractivity contribution in [2.45, 2.75) is 73.1 Å². The summed E-state index contributed by atoms with van der Waals surface area (Å²) in [5.74, 6) is 1.59. The van der Waals surface area contributed by atoms with Gasteiger partial charge in [0.15, 0.2) is 0 Å². The summed E-state index contributed by atoms with van der Waals surface area (Å²) >= 11 is 0. The van der Waals surface area contributed by atoms with Crippen LogP contribution in [0.3, 0.4) is 0 Å². The number of fused-ring (bicyclic) bond motifs is 1. The van der Waals surface area contributed by atoms with Crippen LogP contribution < -0.4 is 4.74 Å². The second-order valence-electron chi connectivity index (χ2n) is 19.1. The number of hydrogen-bond acceptors (Lipinski definition) is 3. The van der Waals surface area contributed by atoms with E-state index in [0.717, 1.165) is 101 Å². The summed E-state index contributed by atoms with van der Waals surface area (Å²) in [5.41, 5.74) is 18.6. The highest BCUT2D eigenvalue weighted by molar-refractivity contribution is 5.98. The van der Waals surface area contributed by atoms with E-state index in [9.17, 15) is 0 Å². The molecule has 4 nitrogen and oxygen atoms in total. The molecule has 0 aliphatic rings. The van der Waals surface area contributed by atoms with E-state index in [1.54, 1.807) is 19.2 Å². The summed E-state index contributed by atoms with van der Waals surface area (Å²) in [5, 5.41) is 0. The van der Waals surface area contributed by atoms with Crippen LogP contribution in [0.4, 0.5) is 0 Å². The average Bonchev–Trinajstić information content (AvgIpc) is 3.70. The Morgan fingerprint density at radius 2 is 1.19 bits per heavy atom. The number of benzene rings is 7. The van der Waals surface area contributed by atoms with Crippen molar-refractivity contribution < 1.29 is 8.85 Å². The molecule has 2 aromatic heterocycles. The molecule has 9 rings (SSSR count). The maximum atomic E-state index is 7.87. The Kier molecular flexibility index (Phi) is 10.0. The first kappa shape index (κ1) is 38.6. The fraction of sp³-hybridized carbons (Fsp3) is 0.200. The molecular formula is C60H57N3O. The Labute approximate surface area is 383 Å². The highest BCUT2D eigenvalue weighted by Crippen LogP contribution is 2.44. The standard InChI is InChI=1S/C60H57N3O/c1-38-19-21-42(22-20-38)44-29-30-61-53(36-44)47-34-45(41-15-12-11-13-16-41)33-46(35-47)51-17-14-18-54-56(51)62-58(52-32-39(2)31-40(3)57(52)64-10)63(54)55-37-49(60(7,8)9)27-28-50(55)43-23-25-48(26-24-43)59(4,5)6/h11-37H,1-10H3/i1D3. The van der Waals surface area contributed by atoms with Crippen molar-refractivity contribution in [3.05, 3.63) is 192 Å². The third kappa shape index (κ3) is 8.17. The molecule has 0 saturated heterocycles. The van der Waals surface area contributed by atoms with Gasteiger partial charge in [-0.2, -0.15) is 0 Å². The number of methoxy groups -OCH3 is 1. The normalized spacial score (nSPS) is 12.8. The molecule has 64 heavy (non-hydrogen) atoms. The highest BCUT2D eigenvalue weighted by atomic mass is 16.5. The Morgan fingerprint density at radius 1 is 0.516 bits per heavy atom. The van der Waals surface area contributed by atoms with Crippen molar-refractivity contribution in [1.29, 1.82) is 0 Å². The third-order valence-corrected chi connectivity index (χ3v) is 12.3. The summed E-state index contributed by atoms with van der Waals surface area (Å²) < 4.78 is 32.2. The predicted octanol–water partition coefficient (Wildman–Crippen LogP) is 16.0. The van der Waals surface area contributed by atoms with Gasteiger partial charge in [-0.15, -0.1) is 0 Å². The molecule has 318 valence electrons. The Morgan fingerprint density at radius 3 is 1.89 bits per heavy atom. The van der Waals surface area contributed by atoms with Crippen LogP contribution in [0.15, 0.2) is 164 Å². The summed E-state index contributed by atoms with van der Waals surface area (Å²) in [7, 11) is 1.74. The Bertz CT molecular complexity index is 3280. The van der Waals surface area contributed by atoms with Crippen molar-refractivity contribution in [2.75, 3.05) is 7.11 Å². The zero-order valence-electron chi connectivity index (χ0n) is 41.3. The van der Waals surface area contributed by atoms with Gasteiger partial charge in [0.25, 0.3) is 0 Å². The van der Waals surface area contributed by atoms with Gasteiger partial charge in [-0.3, -0.25) is 9.55 Å². The molecule has 0 atom stereocenters. The molecule has 4 heteroatoms. The van der Waals surface area contributed by atoms with Gasteiger partial charge in [-0.05, 0) is 136 Å². The predicted molar refractivity (Wildman–Crippen MR) is 270 cm³/mol. The van der Waals surface area contributed by atoms with Gasteiger partial charge in [0, 0.05) is 27.0 Å². The van der Waals surface area contributed by atoms with Crippen LogP contribution in [0.5, 0.6) is 5.75 Å². The molecule has 2 heterocycles. The number of nitrogens with zero attached hydrogens (tertiary/aromatic N) is 3. The smallest absolute Gasteiger partial charge is 0.149 e. The molecule has 0 saturated carbocycles. The number of para-hydroxylation sites is 1. The number of rotatable bonds is 8. The molecular weight excluding hydrogens is 779 g/mol. The molecule has 0 aliphatic heterocycles. The van der Waals surface area contributed by atoms with E-state index >= 15 is 0 Å². The molecule has 0 fully saturated rings. The fourth-order valence-corrected chi connectivity index (χ4v) is 8.88. The van der Waals surface area contributed by atoms with Gasteiger partial charge < -0.3 is 4.74 Å². The van der Waals surface area contributed by atoms with Crippen LogP contribution in [0.2, 0.25) is 0 Å². The number of hydrogen-bond donors (Lipinski definition) is 0. The Hall–Kier alpha value is -7.04. The van der Waals surface area contributed by atoms with Gasteiger partial charge in [0.1, 0.15) is 11.6 Å². The largest absolute Gasteiger partial charge is 0.496 e. The minimum absolute atomic E-state index is 0.0208. The van der Waals surface area contributed by atoms with Gasteiger partial charge in [-0.25, -0.2) is 4.98 Å². The van der Waals surface area contributed by atoms with Crippen molar-refractivity contribution in [2.24, 2.45) is 0 Å². The van der Waals surface area contributed by atoms with Crippen LogP contribution in [0.1, 0.15) is 73.5 Å². The molecule has 0 radical (unpaired) electrons. The third-order valence-electron chi connectivity index (χ3n) is 12.3. The fourth-order valence-electron chi connectivity index (χ4n) is 8.88. The molecule has 0 N–H and O–H groups in total. The minimum Gasteiger partial charge on any atom is -0.496 e. The first-order valence-electron chi connectivity index (χ1n) is 23.6. The number of ether oxygens (including phenoxy) is 1. The molecule has 7 aromatic carbocycles. The Balaban J connectivity index is 1.31. The second-order valence-corrected chi connectivity index (χ2v) is 19.1. The maximum Gasteiger partial charge on any atom is 0.149 e. The summed E-state index contributed by atoms with van der Waals surface area (Å²) in [6.45, 7) is 15.6. The SMILES string of the molecule is [2H]C([2H])([2H])c1ccc(-c2ccnc(-c3cc(-c4ccccc4)cc(-c4cccc5c4nc(-c4cc(C)cc(C)c4OC)n5-c4cc(C(C)(C)C)ccc4-c4ccc(C(C)(C)C)cc4)c3)c2)cc1. The van der Waals surface area contributed by atoms with Gasteiger partial charge in [0.2, 0.25) is 0 Å². The number of pyridine rings is 1. The van der Waals surface area contributed by atoms with E-state index in [4.69, 9.17) is 18.8 Å². The number of aromatic nitrogens is 3. The van der Waals surface area contributed by atoms with E-state index < -0.39 is 6.85 Å². The van der Waals surface area contributed by atoms with E-state index in [-0.39, 0.29) is 10.8 Å². The maximum absolute atomic E-state index is 7.87. The lowest BCUT2D eigenvalue weighted by molar-refractivity contribution is 0.413. The van der Waals surface area contributed by atoms with Gasteiger partial charge >= 0.3 is 0 Å². The van der Waals surface area contributed by atoms with Crippen molar-refractivity contribution in [3.8, 4) is 78.6 Å². The minimum atomic E-state index is -2.17. The van der Waals surface area contributed by atoms with E-state index in [1.165, 1.54) is 11.1 Å². The van der Waals surface area contributed by atoms with Crippen LogP contribution in [-0.4, -0.2) is 21.6 Å². The summed E-state index contributed by atoms with van der Waals surface area (Å²) in [4.78, 5) is 10.6. The zero-order valence-corrected chi connectivity index (χ0v) is 38.3. The van der Waals surface area contributed by atoms with Crippen molar-refractivity contribution in [1.82, 2.24) is 14.5 Å². The van der Waals surface area contributed by atoms with Crippen LogP contribution in [0.25, 0.3) is 83.9 Å². The first-order valence-corrected chi connectivity index (χ1v) is 22.1. The topological polar surface area (TPSA) is 39.9 Å². The summed E-state index contributed by atoms with van der Waals surface area (Å²) in [6, 6.07) is 55.0. The van der Waals surface area contributed by atoms with Gasteiger partial charge in [-0.1, -0.05) is 156 Å². The van der Waals surface area contributed by atoms with Crippen molar-refractivity contribution in [3.63, 3.8) is 0 Å². The quantitative estimate of drug-likeness (QED) is 0.153. The second kappa shape index (κ2) is 16.6. The average molecular weight is 839 g/mol. The molecule has 0 aliphatic carbocycles. The lowest BCUT2D eigenvalue weighted by Gasteiger charge is -2.24. The van der Waals surface area contributed by atoms with Crippen LogP contribution in [-0.2, 0) is 10.8 Å². The monoisotopic (exact) mass is 838 g/mol. The van der Waals surface area contributed by atoms with E-state index in [0.29, 0.717) is 5.56 Å². The molecule has 0 unspecified atom stereocenters. The number of imidazole rings is 1. The molecule has 0 amide bonds. The van der Waals surface area contributed by atoms with E-state index in [2.05, 4.69) is 181 Å². The highest BCUT2D eigenvalue weighted by Gasteiger charge is 2.26. The molecule has 0 spiro atoms. The zero-order chi connectivity index (χ0) is 47.4. The van der Waals surface area contributed by atoms with Crippen LogP contribution in [0, 0.1) is 20.7 Å². The lowest BCUT2D eigenvalue weighted by atomic mass is 9.84. The number of aryl methyl sites for hydroxylation is 3. The molecule has 0 bridgehead atoms. The van der Waals surface area contributed by atoms with E-state index in [1.807, 2.05) is 30.5 Å². The van der Waals surface area contributed by atoms with Crippen LogP contribution >= 0.6 is 0 Å². The first-order chi connectivity index (χ1) is 31.9. The van der Waals surface area contributed by atoms with Gasteiger partial charge in [0.05, 0.1) is 35.1 Å². The lowest BCUT2D eigenvalue weighted by Crippen LogP contribution is -2.13. The summed E-state index contributed by atoms with van der Waals surface area (Å²) in [6.07, 6.45) is 1.82. The van der Waals surface area contributed by atoms with Crippen molar-refractivity contribution >= 4 is 11.0 Å².